The van der Waals surface area contributed by atoms with Gasteiger partial charge in [-0.25, -0.2) is 0 Å². The number of anilines is 1. The maximum Gasteiger partial charge on any atom is 0.225 e. The minimum Gasteiger partial charge on any atom is -0.497 e. The lowest BCUT2D eigenvalue weighted by molar-refractivity contribution is -0.116. The predicted octanol–water partition coefficient (Wildman–Crippen LogP) is 2.16. The van der Waals surface area contributed by atoms with Crippen LogP contribution in [0.15, 0.2) is 24.3 Å². The summed E-state index contributed by atoms with van der Waals surface area (Å²) in [7, 11) is 1.61. The van der Waals surface area contributed by atoms with E-state index in [1.54, 1.807) is 7.11 Å². The Balaban J connectivity index is 1.77. The van der Waals surface area contributed by atoms with E-state index < -0.39 is 0 Å². The summed E-state index contributed by atoms with van der Waals surface area (Å²) in [5.41, 5.74) is 0.770. The second kappa shape index (κ2) is 8.15. The first-order valence-electron chi connectivity index (χ1n) is 7.93. The quantitative estimate of drug-likeness (QED) is 0.654. The van der Waals surface area contributed by atoms with E-state index in [0.29, 0.717) is 18.4 Å². The fourth-order valence-electron chi connectivity index (χ4n) is 2.68. The van der Waals surface area contributed by atoms with E-state index >= 15 is 0 Å². The SMILES string of the molecule is COc1ccc(NC(=O)CC(C)NC(CCO)C2CC2)cc1. The molecule has 0 aromatic heterocycles. The molecule has 5 heteroatoms. The van der Waals surface area contributed by atoms with Crippen molar-refractivity contribution in [1.82, 2.24) is 5.32 Å². The van der Waals surface area contributed by atoms with E-state index in [4.69, 9.17) is 9.84 Å². The van der Waals surface area contributed by atoms with E-state index in [2.05, 4.69) is 10.6 Å². The van der Waals surface area contributed by atoms with Gasteiger partial charge in [-0.15, -0.1) is 0 Å². The second-order valence-corrected chi connectivity index (χ2v) is 6.00. The lowest BCUT2D eigenvalue weighted by Gasteiger charge is -2.22. The van der Waals surface area contributed by atoms with Gasteiger partial charge in [0.25, 0.3) is 0 Å². The molecule has 1 fully saturated rings. The highest BCUT2D eigenvalue weighted by atomic mass is 16.5. The molecule has 1 aromatic rings. The van der Waals surface area contributed by atoms with Crippen molar-refractivity contribution in [2.75, 3.05) is 19.0 Å². The molecular formula is C17H26N2O3. The number of aliphatic hydroxyl groups excluding tert-OH is 1. The highest BCUT2D eigenvalue weighted by Gasteiger charge is 2.31. The first kappa shape index (κ1) is 16.8. The zero-order valence-corrected chi connectivity index (χ0v) is 13.3. The van der Waals surface area contributed by atoms with Crippen molar-refractivity contribution in [2.24, 2.45) is 5.92 Å². The van der Waals surface area contributed by atoms with Gasteiger partial charge in [0, 0.05) is 30.8 Å². The molecule has 3 N–H and O–H groups in total. The van der Waals surface area contributed by atoms with Crippen molar-refractivity contribution in [3.63, 3.8) is 0 Å². The van der Waals surface area contributed by atoms with Gasteiger partial charge in [-0.1, -0.05) is 0 Å². The molecule has 1 amide bonds. The maximum absolute atomic E-state index is 12.1. The van der Waals surface area contributed by atoms with Crippen LogP contribution >= 0.6 is 0 Å². The summed E-state index contributed by atoms with van der Waals surface area (Å²) < 4.78 is 5.09. The number of rotatable bonds is 9. The number of amides is 1. The normalized spacial score (nSPS) is 16.9. The zero-order chi connectivity index (χ0) is 15.9. The van der Waals surface area contributed by atoms with E-state index in [0.717, 1.165) is 17.9 Å². The summed E-state index contributed by atoms with van der Waals surface area (Å²) in [5, 5.41) is 15.5. The van der Waals surface area contributed by atoms with Crippen LogP contribution in [0.4, 0.5) is 5.69 Å². The van der Waals surface area contributed by atoms with Gasteiger partial charge in [-0.2, -0.15) is 0 Å². The van der Waals surface area contributed by atoms with Gasteiger partial charge < -0.3 is 20.5 Å². The third-order valence-electron chi connectivity index (χ3n) is 4.00. The minimum atomic E-state index is -0.0105. The maximum atomic E-state index is 12.1. The van der Waals surface area contributed by atoms with Crippen LogP contribution in [-0.2, 0) is 4.79 Å². The van der Waals surface area contributed by atoms with Gasteiger partial charge in [-0.3, -0.25) is 4.79 Å². The lowest BCUT2D eigenvalue weighted by atomic mass is 10.1. The molecule has 22 heavy (non-hydrogen) atoms. The monoisotopic (exact) mass is 306 g/mol. The van der Waals surface area contributed by atoms with E-state index in [-0.39, 0.29) is 18.6 Å². The van der Waals surface area contributed by atoms with Crippen LogP contribution in [0, 0.1) is 5.92 Å². The van der Waals surface area contributed by atoms with Crippen molar-refractivity contribution < 1.29 is 14.6 Å². The molecule has 2 unspecified atom stereocenters. The summed E-state index contributed by atoms with van der Waals surface area (Å²) >= 11 is 0. The number of carbonyl (C=O) groups excluding carboxylic acids is 1. The van der Waals surface area contributed by atoms with Crippen LogP contribution < -0.4 is 15.4 Å². The van der Waals surface area contributed by atoms with Crippen LogP contribution in [0.25, 0.3) is 0 Å². The molecule has 1 aliphatic carbocycles. The Hall–Kier alpha value is -1.59. The number of hydrogen-bond donors (Lipinski definition) is 3. The molecule has 122 valence electrons. The summed E-state index contributed by atoms with van der Waals surface area (Å²) in [6, 6.07) is 7.72. The Morgan fingerprint density at radius 3 is 2.59 bits per heavy atom. The third-order valence-corrected chi connectivity index (χ3v) is 4.00. The average Bonchev–Trinajstić information content (AvgIpc) is 3.32. The number of aliphatic hydroxyl groups is 1. The Morgan fingerprint density at radius 2 is 2.05 bits per heavy atom. The topological polar surface area (TPSA) is 70.6 Å². The van der Waals surface area contributed by atoms with E-state index in [9.17, 15) is 4.79 Å². The predicted molar refractivity (Wildman–Crippen MR) is 87.1 cm³/mol. The number of methoxy groups -OCH3 is 1. The number of carbonyl (C=O) groups is 1. The Bertz CT molecular complexity index is 471. The summed E-state index contributed by atoms with van der Waals surface area (Å²) in [4.78, 5) is 12.1. The number of nitrogens with one attached hydrogen (secondary N) is 2. The van der Waals surface area contributed by atoms with E-state index in [1.807, 2.05) is 31.2 Å². The van der Waals surface area contributed by atoms with Crippen molar-refractivity contribution in [3.05, 3.63) is 24.3 Å². The van der Waals surface area contributed by atoms with Gasteiger partial charge in [0.05, 0.1) is 7.11 Å². The molecule has 1 aliphatic rings. The van der Waals surface area contributed by atoms with Gasteiger partial charge >= 0.3 is 0 Å². The standard InChI is InChI=1S/C17H26N2O3/c1-12(18-16(9-10-20)13-3-4-13)11-17(21)19-14-5-7-15(22-2)8-6-14/h5-8,12-13,16,18,20H,3-4,9-11H2,1-2H3,(H,19,21). The Kier molecular flexibility index (Phi) is 6.21. The molecule has 2 rings (SSSR count). The molecular weight excluding hydrogens is 280 g/mol. The molecule has 0 aliphatic heterocycles. The van der Waals surface area contributed by atoms with Gasteiger partial charge in [0.15, 0.2) is 0 Å². The molecule has 0 heterocycles. The first-order valence-corrected chi connectivity index (χ1v) is 7.93. The van der Waals surface area contributed by atoms with Gasteiger partial charge in [0.1, 0.15) is 5.75 Å². The van der Waals surface area contributed by atoms with Gasteiger partial charge in [-0.05, 0) is 56.4 Å². The van der Waals surface area contributed by atoms with Crippen LogP contribution in [0.3, 0.4) is 0 Å². The first-order chi connectivity index (χ1) is 10.6. The summed E-state index contributed by atoms with van der Waals surface area (Å²) in [5.74, 6) is 1.42. The van der Waals surface area contributed by atoms with E-state index in [1.165, 1.54) is 12.8 Å². The molecule has 0 bridgehead atoms. The Labute approximate surface area is 132 Å². The molecule has 0 saturated heterocycles. The number of ether oxygens (including phenoxy) is 1. The Morgan fingerprint density at radius 1 is 1.36 bits per heavy atom. The van der Waals surface area contributed by atoms with Crippen LogP contribution in [0.5, 0.6) is 5.75 Å². The summed E-state index contributed by atoms with van der Waals surface area (Å²) in [6.07, 6.45) is 3.63. The van der Waals surface area contributed by atoms with Crippen LogP contribution in [0.1, 0.15) is 32.6 Å². The molecule has 0 radical (unpaired) electrons. The van der Waals surface area contributed by atoms with Gasteiger partial charge in [0.2, 0.25) is 5.91 Å². The fraction of sp³-hybridized carbons (Fsp3) is 0.588. The van der Waals surface area contributed by atoms with Crippen molar-refractivity contribution in [1.29, 1.82) is 0 Å². The number of hydrogen-bond acceptors (Lipinski definition) is 4. The lowest BCUT2D eigenvalue weighted by Crippen LogP contribution is -2.40. The molecule has 0 spiro atoms. The molecule has 5 nitrogen and oxygen atoms in total. The second-order valence-electron chi connectivity index (χ2n) is 6.00. The molecule has 1 aromatic carbocycles. The fourth-order valence-corrected chi connectivity index (χ4v) is 2.68. The zero-order valence-electron chi connectivity index (χ0n) is 13.3. The largest absolute Gasteiger partial charge is 0.497 e. The van der Waals surface area contributed by atoms with Crippen LogP contribution in [0.2, 0.25) is 0 Å². The highest BCUT2D eigenvalue weighted by molar-refractivity contribution is 5.91. The smallest absolute Gasteiger partial charge is 0.225 e. The molecule has 2 atom stereocenters. The average molecular weight is 306 g/mol. The van der Waals surface area contributed by atoms with Crippen LogP contribution in [-0.4, -0.2) is 36.8 Å². The minimum absolute atomic E-state index is 0.0105. The highest BCUT2D eigenvalue weighted by Crippen LogP contribution is 2.34. The summed E-state index contributed by atoms with van der Waals surface area (Å²) in [6.45, 7) is 2.21. The van der Waals surface area contributed by atoms with Crippen molar-refractivity contribution in [2.45, 2.75) is 44.7 Å². The third kappa shape index (κ3) is 5.31. The number of benzene rings is 1. The van der Waals surface area contributed by atoms with Crippen molar-refractivity contribution >= 4 is 11.6 Å². The molecule has 1 saturated carbocycles. The van der Waals surface area contributed by atoms with Crippen molar-refractivity contribution in [3.8, 4) is 5.75 Å².